The molecular formula is C25H30N6O. The molecular weight excluding hydrogens is 400 g/mol. The Morgan fingerprint density at radius 2 is 1.78 bits per heavy atom. The fourth-order valence-electron chi connectivity index (χ4n) is 3.56. The van der Waals surface area contributed by atoms with Crippen molar-refractivity contribution in [1.82, 2.24) is 19.7 Å². The molecule has 3 N–H and O–H groups in total. The molecule has 0 fully saturated rings. The molecule has 0 unspecified atom stereocenters. The summed E-state index contributed by atoms with van der Waals surface area (Å²) in [5.74, 6) is 2.70. The van der Waals surface area contributed by atoms with Crippen molar-refractivity contribution in [3.63, 3.8) is 0 Å². The molecule has 2 heterocycles. The average Bonchev–Trinajstić information content (AvgIpc) is 3.13. The molecule has 4 aromatic rings. The number of anilines is 2. The van der Waals surface area contributed by atoms with Gasteiger partial charge in [0.25, 0.3) is 0 Å². The van der Waals surface area contributed by atoms with Gasteiger partial charge in [0.05, 0.1) is 23.9 Å². The third-order valence-electron chi connectivity index (χ3n) is 5.38. The first-order chi connectivity index (χ1) is 15.4. The van der Waals surface area contributed by atoms with E-state index >= 15 is 0 Å². The maximum Gasteiger partial charge on any atom is 0.225 e. The Morgan fingerprint density at radius 1 is 1.03 bits per heavy atom. The van der Waals surface area contributed by atoms with Gasteiger partial charge in [0, 0.05) is 12.1 Å². The van der Waals surface area contributed by atoms with Gasteiger partial charge in [0.2, 0.25) is 5.95 Å². The molecule has 0 spiro atoms. The first-order valence-corrected chi connectivity index (χ1v) is 10.9. The number of nitrogen functional groups attached to an aromatic ring is 1. The number of nitrogens with zero attached hydrogens (tertiary/aromatic N) is 4. The minimum Gasteiger partial charge on any atom is -0.497 e. The molecule has 0 aliphatic rings. The summed E-state index contributed by atoms with van der Waals surface area (Å²) < 4.78 is 7.16. The molecule has 166 valence electrons. The summed E-state index contributed by atoms with van der Waals surface area (Å²) >= 11 is 0. The maximum atomic E-state index is 6.62. The Bertz CT molecular complexity index is 1230. The number of nitrogens with two attached hydrogens (primary N) is 1. The SMILES string of the molecule is COc1cccc(-c2nc(NCC(C)C)nc3nn(-c4ccc(C(C)C)cc4)c(N)c23)c1. The quantitative estimate of drug-likeness (QED) is 0.415. The third kappa shape index (κ3) is 4.23. The van der Waals surface area contributed by atoms with E-state index in [1.165, 1.54) is 5.56 Å². The number of benzene rings is 2. The summed E-state index contributed by atoms with van der Waals surface area (Å²) in [6.45, 7) is 9.39. The standard InChI is InChI=1S/C25H30N6O/c1-15(2)14-27-25-28-22(18-7-6-8-20(13-18)32-5)21-23(26)31(30-24(21)29-25)19-11-9-17(10-12-19)16(3)4/h6-13,15-16H,14,26H2,1-5H3,(H,27,29,30). The molecule has 4 rings (SSSR count). The molecule has 0 aliphatic carbocycles. The van der Waals surface area contributed by atoms with Crippen LogP contribution in [0.5, 0.6) is 5.75 Å². The van der Waals surface area contributed by atoms with Crippen molar-refractivity contribution in [2.45, 2.75) is 33.6 Å². The van der Waals surface area contributed by atoms with Crippen LogP contribution >= 0.6 is 0 Å². The van der Waals surface area contributed by atoms with Gasteiger partial charge >= 0.3 is 0 Å². The molecule has 0 amide bonds. The van der Waals surface area contributed by atoms with E-state index in [4.69, 9.17) is 20.6 Å². The molecule has 0 aliphatic heterocycles. The highest BCUT2D eigenvalue weighted by atomic mass is 16.5. The van der Waals surface area contributed by atoms with Gasteiger partial charge in [-0.15, -0.1) is 5.10 Å². The summed E-state index contributed by atoms with van der Waals surface area (Å²) in [6.07, 6.45) is 0. The summed E-state index contributed by atoms with van der Waals surface area (Å²) in [5, 5.41) is 8.79. The number of rotatable bonds is 7. The van der Waals surface area contributed by atoms with Crippen molar-refractivity contribution in [3.05, 3.63) is 54.1 Å². The third-order valence-corrected chi connectivity index (χ3v) is 5.38. The van der Waals surface area contributed by atoms with Gasteiger partial charge in [-0.3, -0.25) is 0 Å². The number of fused-ring (bicyclic) bond motifs is 1. The van der Waals surface area contributed by atoms with Crippen molar-refractivity contribution in [2.75, 3.05) is 24.7 Å². The zero-order chi connectivity index (χ0) is 22.8. The van der Waals surface area contributed by atoms with Crippen molar-refractivity contribution in [1.29, 1.82) is 0 Å². The van der Waals surface area contributed by atoms with E-state index in [1.54, 1.807) is 11.8 Å². The fraction of sp³-hybridized carbons (Fsp3) is 0.320. The van der Waals surface area contributed by atoms with Crippen LogP contribution in [-0.2, 0) is 0 Å². The van der Waals surface area contributed by atoms with E-state index in [0.717, 1.165) is 34.6 Å². The van der Waals surface area contributed by atoms with Crippen LogP contribution in [0.25, 0.3) is 28.0 Å². The maximum absolute atomic E-state index is 6.62. The van der Waals surface area contributed by atoms with E-state index in [0.29, 0.717) is 29.2 Å². The first kappa shape index (κ1) is 21.6. The van der Waals surface area contributed by atoms with Gasteiger partial charge < -0.3 is 15.8 Å². The number of methoxy groups -OCH3 is 1. The summed E-state index contributed by atoms with van der Waals surface area (Å²) in [6, 6.07) is 16.1. The number of ether oxygens (including phenoxy) is 1. The van der Waals surface area contributed by atoms with E-state index < -0.39 is 0 Å². The van der Waals surface area contributed by atoms with E-state index in [1.807, 2.05) is 36.4 Å². The van der Waals surface area contributed by atoms with Crippen molar-refractivity contribution >= 4 is 22.8 Å². The monoisotopic (exact) mass is 430 g/mol. The first-order valence-electron chi connectivity index (χ1n) is 10.9. The van der Waals surface area contributed by atoms with Crippen LogP contribution in [0.15, 0.2) is 48.5 Å². The van der Waals surface area contributed by atoms with Crippen molar-refractivity contribution in [2.24, 2.45) is 5.92 Å². The van der Waals surface area contributed by atoms with Gasteiger partial charge in [-0.2, -0.15) is 4.98 Å². The van der Waals surface area contributed by atoms with Crippen LogP contribution in [0.2, 0.25) is 0 Å². The lowest BCUT2D eigenvalue weighted by molar-refractivity contribution is 0.415. The second kappa shape index (κ2) is 8.86. The van der Waals surface area contributed by atoms with E-state index in [-0.39, 0.29) is 0 Å². The zero-order valence-electron chi connectivity index (χ0n) is 19.3. The lowest BCUT2D eigenvalue weighted by atomic mass is 10.0. The van der Waals surface area contributed by atoms with E-state index in [2.05, 4.69) is 50.1 Å². The van der Waals surface area contributed by atoms with Crippen LogP contribution < -0.4 is 15.8 Å². The second-order valence-corrected chi connectivity index (χ2v) is 8.64. The second-order valence-electron chi connectivity index (χ2n) is 8.64. The van der Waals surface area contributed by atoms with Crippen LogP contribution in [0, 0.1) is 5.92 Å². The molecule has 0 saturated heterocycles. The molecule has 0 atom stereocenters. The molecule has 2 aromatic carbocycles. The molecule has 0 bridgehead atoms. The van der Waals surface area contributed by atoms with E-state index in [9.17, 15) is 0 Å². The summed E-state index contributed by atoms with van der Waals surface area (Å²) in [5.41, 5.74) is 10.9. The van der Waals surface area contributed by atoms with Gasteiger partial charge in [0.15, 0.2) is 5.65 Å². The highest BCUT2D eigenvalue weighted by Gasteiger charge is 2.19. The van der Waals surface area contributed by atoms with Gasteiger partial charge in [-0.25, -0.2) is 9.67 Å². The Kier molecular flexibility index (Phi) is 5.99. The van der Waals surface area contributed by atoms with Crippen molar-refractivity contribution < 1.29 is 4.74 Å². The number of hydrogen-bond acceptors (Lipinski definition) is 6. The molecule has 2 aromatic heterocycles. The molecule has 32 heavy (non-hydrogen) atoms. The predicted molar refractivity (Wildman–Crippen MR) is 130 cm³/mol. The fourth-order valence-corrected chi connectivity index (χ4v) is 3.56. The minimum absolute atomic E-state index is 0.455. The topological polar surface area (TPSA) is 90.9 Å². The molecule has 7 heteroatoms. The lowest BCUT2D eigenvalue weighted by Gasteiger charge is -2.11. The Morgan fingerprint density at radius 3 is 2.44 bits per heavy atom. The van der Waals surface area contributed by atoms with Crippen LogP contribution in [-0.4, -0.2) is 33.4 Å². The van der Waals surface area contributed by atoms with Crippen LogP contribution in [0.4, 0.5) is 11.8 Å². The van der Waals surface area contributed by atoms with Gasteiger partial charge in [-0.05, 0) is 41.7 Å². The normalized spacial score (nSPS) is 11.5. The Hall–Kier alpha value is -3.61. The minimum atomic E-state index is 0.455. The summed E-state index contributed by atoms with van der Waals surface area (Å²) in [7, 11) is 1.65. The number of nitrogens with one attached hydrogen (secondary N) is 1. The molecule has 0 saturated carbocycles. The van der Waals surface area contributed by atoms with Gasteiger partial charge in [0.1, 0.15) is 11.6 Å². The largest absolute Gasteiger partial charge is 0.497 e. The average molecular weight is 431 g/mol. The Balaban J connectivity index is 1.89. The molecule has 7 nitrogen and oxygen atoms in total. The predicted octanol–water partition coefficient (Wildman–Crippen LogP) is 5.26. The van der Waals surface area contributed by atoms with Crippen LogP contribution in [0.1, 0.15) is 39.2 Å². The number of hydrogen-bond donors (Lipinski definition) is 2. The highest BCUT2D eigenvalue weighted by molar-refractivity contribution is 5.99. The summed E-state index contributed by atoms with van der Waals surface area (Å²) in [4.78, 5) is 9.48. The zero-order valence-corrected chi connectivity index (χ0v) is 19.3. The highest BCUT2D eigenvalue weighted by Crippen LogP contribution is 2.34. The number of aromatic nitrogens is 4. The Labute approximate surface area is 188 Å². The molecule has 0 radical (unpaired) electrons. The van der Waals surface area contributed by atoms with Crippen molar-refractivity contribution in [3.8, 4) is 22.7 Å². The lowest BCUT2D eigenvalue weighted by Crippen LogP contribution is -2.11. The van der Waals surface area contributed by atoms with Crippen LogP contribution in [0.3, 0.4) is 0 Å². The smallest absolute Gasteiger partial charge is 0.225 e. The van der Waals surface area contributed by atoms with Gasteiger partial charge in [-0.1, -0.05) is 52.0 Å².